The van der Waals surface area contributed by atoms with E-state index in [-0.39, 0.29) is 24.9 Å². The standard InChI is InChI=1S/C13H22N4O2S/c1-3-5-14-11(18)9-17(7-4-2)10-12(19)16-13-15-6-8-20-13/h6,8H,3-5,7,9-10H2,1-2H3,(H,14,18)(H,15,16,19). The molecule has 0 spiro atoms. The van der Waals surface area contributed by atoms with Crippen LogP contribution in [0.4, 0.5) is 5.13 Å². The summed E-state index contributed by atoms with van der Waals surface area (Å²) < 4.78 is 0. The van der Waals surface area contributed by atoms with Gasteiger partial charge in [-0.3, -0.25) is 14.5 Å². The maximum atomic E-state index is 11.9. The number of carbonyl (C=O) groups excluding carboxylic acids is 2. The summed E-state index contributed by atoms with van der Waals surface area (Å²) in [6, 6.07) is 0. The molecule has 0 aliphatic rings. The van der Waals surface area contributed by atoms with Crippen LogP contribution in [-0.4, -0.2) is 47.9 Å². The fourth-order valence-electron chi connectivity index (χ4n) is 1.70. The molecule has 7 heteroatoms. The zero-order chi connectivity index (χ0) is 14.8. The fraction of sp³-hybridized carbons (Fsp3) is 0.615. The van der Waals surface area contributed by atoms with Crippen LogP contribution in [0.2, 0.25) is 0 Å². The average Bonchev–Trinajstić information content (AvgIpc) is 2.89. The first-order valence-electron chi connectivity index (χ1n) is 6.84. The van der Waals surface area contributed by atoms with Crippen LogP contribution in [0.25, 0.3) is 0 Å². The molecule has 1 aromatic rings. The predicted molar refractivity (Wildman–Crippen MR) is 80.8 cm³/mol. The Bertz CT molecular complexity index is 409. The van der Waals surface area contributed by atoms with E-state index in [2.05, 4.69) is 15.6 Å². The number of carbonyl (C=O) groups is 2. The number of hydrogen-bond acceptors (Lipinski definition) is 5. The Balaban J connectivity index is 2.40. The van der Waals surface area contributed by atoms with E-state index in [1.807, 2.05) is 18.7 Å². The summed E-state index contributed by atoms with van der Waals surface area (Å²) in [5.41, 5.74) is 0. The number of thiazole rings is 1. The van der Waals surface area contributed by atoms with E-state index in [1.165, 1.54) is 11.3 Å². The van der Waals surface area contributed by atoms with Crippen molar-refractivity contribution in [2.24, 2.45) is 0 Å². The van der Waals surface area contributed by atoms with Gasteiger partial charge in [-0.25, -0.2) is 4.98 Å². The molecule has 20 heavy (non-hydrogen) atoms. The van der Waals surface area contributed by atoms with Gasteiger partial charge in [0.05, 0.1) is 13.1 Å². The van der Waals surface area contributed by atoms with Crippen LogP contribution >= 0.6 is 11.3 Å². The van der Waals surface area contributed by atoms with Crippen LogP contribution in [0.15, 0.2) is 11.6 Å². The summed E-state index contributed by atoms with van der Waals surface area (Å²) in [6.07, 6.45) is 3.44. The van der Waals surface area contributed by atoms with Crippen LogP contribution in [-0.2, 0) is 9.59 Å². The molecule has 2 N–H and O–H groups in total. The molecule has 0 aromatic carbocycles. The molecule has 0 radical (unpaired) electrons. The summed E-state index contributed by atoms with van der Waals surface area (Å²) in [4.78, 5) is 29.4. The van der Waals surface area contributed by atoms with Gasteiger partial charge in [0.25, 0.3) is 0 Å². The molecule has 1 heterocycles. The fourth-order valence-corrected chi connectivity index (χ4v) is 2.25. The van der Waals surface area contributed by atoms with Crippen molar-refractivity contribution >= 4 is 28.3 Å². The monoisotopic (exact) mass is 298 g/mol. The minimum Gasteiger partial charge on any atom is -0.355 e. The van der Waals surface area contributed by atoms with Gasteiger partial charge in [-0.1, -0.05) is 13.8 Å². The van der Waals surface area contributed by atoms with E-state index in [4.69, 9.17) is 0 Å². The van der Waals surface area contributed by atoms with Gasteiger partial charge in [-0.05, 0) is 19.4 Å². The van der Waals surface area contributed by atoms with E-state index in [9.17, 15) is 9.59 Å². The first-order chi connectivity index (χ1) is 9.65. The quantitative estimate of drug-likeness (QED) is 0.721. The molecule has 6 nitrogen and oxygen atoms in total. The van der Waals surface area contributed by atoms with Crippen LogP contribution in [0.3, 0.4) is 0 Å². The number of amides is 2. The zero-order valence-electron chi connectivity index (χ0n) is 12.0. The number of nitrogens with one attached hydrogen (secondary N) is 2. The number of anilines is 1. The molecule has 0 fully saturated rings. The van der Waals surface area contributed by atoms with E-state index in [0.717, 1.165) is 12.8 Å². The van der Waals surface area contributed by atoms with E-state index >= 15 is 0 Å². The second kappa shape index (κ2) is 9.44. The van der Waals surface area contributed by atoms with E-state index < -0.39 is 0 Å². The molecule has 0 aliphatic heterocycles. The molecule has 0 saturated carbocycles. The lowest BCUT2D eigenvalue weighted by Crippen LogP contribution is -2.41. The molecule has 0 bridgehead atoms. The number of rotatable bonds is 9. The minimum absolute atomic E-state index is 0.0395. The first-order valence-corrected chi connectivity index (χ1v) is 7.72. The van der Waals surface area contributed by atoms with Gasteiger partial charge in [0.15, 0.2) is 5.13 Å². The molecule has 1 aromatic heterocycles. The molecular weight excluding hydrogens is 276 g/mol. The third-order valence-electron chi connectivity index (χ3n) is 2.53. The summed E-state index contributed by atoms with van der Waals surface area (Å²) >= 11 is 1.38. The molecular formula is C13H22N4O2S. The Labute approximate surface area is 123 Å². The molecule has 0 unspecified atom stereocenters. The SMILES string of the molecule is CCCNC(=O)CN(CCC)CC(=O)Nc1nccs1. The van der Waals surface area contributed by atoms with Crippen molar-refractivity contribution in [2.75, 3.05) is 31.5 Å². The van der Waals surface area contributed by atoms with Crippen LogP contribution in [0.1, 0.15) is 26.7 Å². The predicted octanol–water partition coefficient (Wildman–Crippen LogP) is 1.32. The van der Waals surface area contributed by atoms with Crippen molar-refractivity contribution in [3.63, 3.8) is 0 Å². The van der Waals surface area contributed by atoms with E-state index in [0.29, 0.717) is 18.2 Å². The van der Waals surface area contributed by atoms with Crippen molar-refractivity contribution in [1.82, 2.24) is 15.2 Å². The normalized spacial score (nSPS) is 10.6. The molecule has 112 valence electrons. The van der Waals surface area contributed by atoms with Gasteiger partial charge >= 0.3 is 0 Å². The molecule has 0 aliphatic carbocycles. The van der Waals surface area contributed by atoms with Gasteiger partial charge in [0, 0.05) is 18.1 Å². The van der Waals surface area contributed by atoms with Gasteiger partial charge in [-0.2, -0.15) is 0 Å². The Kier molecular flexibility index (Phi) is 7.82. The average molecular weight is 298 g/mol. The highest BCUT2D eigenvalue weighted by Crippen LogP contribution is 2.09. The minimum atomic E-state index is -0.142. The van der Waals surface area contributed by atoms with Gasteiger partial charge in [-0.15, -0.1) is 11.3 Å². The molecule has 2 amide bonds. The van der Waals surface area contributed by atoms with Crippen molar-refractivity contribution in [1.29, 1.82) is 0 Å². The Morgan fingerprint density at radius 3 is 2.60 bits per heavy atom. The number of hydrogen-bond donors (Lipinski definition) is 2. The Hall–Kier alpha value is -1.47. The third-order valence-corrected chi connectivity index (χ3v) is 3.21. The van der Waals surface area contributed by atoms with Crippen molar-refractivity contribution in [3.05, 3.63) is 11.6 Å². The molecule has 0 saturated heterocycles. The highest BCUT2D eigenvalue weighted by atomic mass is 32.1. The lowest BCUT2D eigenvalue weighted by molar-refractivity contribution is -0.123. The van der Waals surface area contributed by atoms with E-state index in [1.54, 1.807) is 11.6 Å². The second-order valence-corrected chi connectivity index (χ2v) is 5.34. The molecule has 0 atom stereocenters. The van der Waals surface area contributed by atoms with Crippen molar-refractivity contribution in [2.45, 2.75) is 26.7 Å². The van der Waals surface area contributed by atoms with Crippen molar-refractivity contribution < 1.29 is 9.59 Å². The largest absolute Gasteiger partial charge is 0.355 e. The highest BCUT2D eigenvalue weighted by molar-refractivity contribution is 7.13. The first kappa shape index (κ1) is 16.6. The highest BCUT2D eigenvalue weighted by Gasteiger charge is 2.14. The Morgan fingerprint density at radius 2 is 2.00 bits per heavy atom. The third kappa shape index (κ3) is 6.63. The van der Waals surface area contributed by atoms with Gasteiger partial charge in [0.1, 0.15) is 0 Å². The summed E-state index contributed by atoms with van der Waals surface area (Å²) in [5.74, 6) is -0.181. The maximum Gasteiger partial charge on any atom is 0.240 e. The van der Waals surface area contributed by atoms with Crippen LogP contribution in [0, 0.1) is 0 Å². The maximum absolute atomic E-state index is 11.9. The number of aromatic nitrogens is 1. The van der Waals surface area contributed by atoms with Gasteiger partial charge in [0.2, 0.25) is 11.8 Å². The summed E-state index contributed by atoms with van der Waals surface area (Å²) in [5, 5.41) is 7.93. The van der Waals surface area contributed by atoms with Crippen LogP contribution in [0.5, 0.6) is 0 Å². The van der Waals surface area contributed by atoms with Gasteiger partial charge < -0.3 is 10.6 Å². The summed E-state index contributed by atoms with van der Waals surface area (Å²) in [6.45, 7) is 5.86. The lowest BCUT2D eigenvalue weighted by atomic mass is 10.3. The topological polar surface area (TPSA) is 74.3 Å². The van der Waals surface area contributed by atoms with Crippen molar-refractivity contribution in [3.8, 4) is 0 Å². The summed E-state index contributed by atoms with van der Waals surface area (Å²) in [7, 11) is 0. The van der Waals surface area contributed by atoms with Crippen LogP contribution < -0.4 is 10.6 Å². The number of nitrogens with zero attached hydrogens (tertiary/aromatic N) is 2. The zero-order valence-corrected chi connectivity index (χ0v) is 12.8. The Morgan fingerprint density at radius 1 is 1.25 bits per heavy atom. The second-order valence-electron chi connectivity index (χ2n) is 4.45. The molecule has 1 rings (SSSR count). The smallest absolute Gasteiger partial charge is 0.240 e. The lowest BCUT2D eigenvalue weighted by Gasteiger charge is -2.20.